The highest BCUT2D eigenvalue weighted by atomic mass is 79.9. The average molecular weight is 310 g/mol. The first-order valence-corrected chi connectivity index (χ1v) is 7.27. The second-order valence-corrected chi connectivity index (χ2v) is 6.05. The lowest BCUT2D eigenvalue weighted by Crippen LogP contribution is -2.19. The Morgan fingerprint density at radius 2 is 2.35 bits per heavy atom. The minimum absolute atomic E-state index is 0.114. The molecule has 88 valence electrons. The summed E-state index contributed by atoms with van der Waals surface area (Å²) in [4.78, 5) is 10.2. The second kappa shape index (κ2) is 4.48. The van der Waals surface area contributed by atoms with Crippen LogP contribution >= 0.6 is 27.3 Å². The number of aromatic nitrogens is 2. The molecule has 0 aliphatic heterocycles. The number of rotatable bonds is 1. The Morgan fingerprint density at radius 3 is 3.12 bits per heavy atom. The Hall–Kier alpha value is -0.780. The Bertz CT molecular complexity index is 552. The Kier molecular flexibility index (Phi) is 2.98. The maximum atomic E-state index is 6.05. The van der Waals surface area contributed by atoms with Gasteiger partial charge in [0.15, 0.2) is 5.82 Å². The fourth-order valence-electron chi connectivity index (χ4n) is 2.13. The van der Waals surface area contributed by atoms with Crippen molar-refractivity contribution in [2.24, 2.45) is 5.73 Å². The van der Waals surface area contributed by atoms with Crippen LogP contribution in [0.3, 0.4) is 0 Å². The van der Waals surface area contributed by atoms with Crippen LogP contribution in [0.2, 0.25) is 0 Å². The van der Waals surface area contributed by atoms with E-state index in [9.17, 15) is 0 Å². The van der Waals surface area contributed by atoms with Crippen molar-refractivity contribution in [1.29, 1.82) is 0 Å². The lowest BCUT2D eigenvalue weighted by Gasteiger charge is -2.20. The van der Waals surface area contributed by atoms with Gasteiger partial charge in [-0.15, -0.1) is 11.3 Å². The molecule has 3 nitrogen and oxygen atoms in total. The third kappa shape index (κ3) is 2.14. The number of aryl methyl sites for hydroxylation is 1. The Labute approximate surface area is 112 Å². The molecule has 0 saturated heterocycles. The van der Waals surface area contributed by atoms with Crippen LogP contribution in [0, 0.1) is 0 Å². The highest BCUT2D eigenvalue weighted by molar-refractivity contribution is 9.10. The minimum Gasteiger partial charge on any atom is -0.324 e. The van der Waals surface area contributed by atoms with Gasteiger partial charge in [-0.2, -0.15) is 0 Å². The SMILES string of the molecule is NC1CCCc2nc(-c3cc(Br)cs3)ncc21. The molecule has 2 N–H and O–H groups in total. The van der Waals surface area contributed by atoms with Gasteiger partial charge in [-0.3, -0.25) is 0 Å². The van der Waals surface area contributed by atoms with Crippen molar-refractivity contribution in [3.63, 3.8) is 0 Å². The largest absolute Gasteiger partial charge is 0.324 e. The molecule has 0 radical (unpaired) electrons. The summed E-state index contributed by atoms with van der Waals surface area (Å²) in [5, 5.41) is 2.05. The fraction of sp³-hybridized carbons (Fsp3) is 0.333. The van der Waals surface area contributed by atoms with Crippen molar-refractivity contribution >= 4 is 27.3 Å². The summed E-state index contributed by atoms with van der Waals surface area (Å²) in [5.41, 5.74) is 8.30. The second-order valence-electron chi connectivity index (χ2n) is 4.22. The summed E-state index contributed by atoms with van der Waals surface area (Å²) in [6.45, 7) is 0. The zero-order valence-electron chi connectivity index (χ0n) is 9.19. The lowest BCUT2D eigenvalue weighted by atomic mass is 9.93. The molecular formula is C12H12BrN3S. The monoisotopic (exact) mass is 309 g/mol. The van der Waals surface area contributed by atoms with E-state index in [4.69, 9.17) is 5.73 Å². The smallest absolute Gasteiger partial charge is 0.169 e. The summed E-state index contributed by atoms with van der Waals surface area (Å²) in [7, 11) is 0. The first kappa shape index (κ1) is 11.3. The molecule has 1 aliphatic carbocycles. The van der Waals surface area contributed by atoms with Gasteiger partial charge < -0.3 is 5.73 Å². The van der Waals surface area contributed by atoms with Gasteiger partial charge in [0.2, 0.25) is 0 Å². The number of halogens is 1. The maximum Gasteiger partial charge on any atom is 0.169 e. The van der Waals surface area contributed by atoms with E-state index in [0.717, 1.165) is 45.7 Å². The number of fused-ring (bicyclic) bond motifs is 1. The fourth-order valence-corrected chi connectivity index (χ4v) is 3.50. The molecule has 17 heavy (non-hydrogen) atoms. The van der Waals surface area contributed by atoms with E-state index < -0.39 is 0 Å². The van der Waals surface area contributed by atoms with Crippen molar-refractivity contribution in [3.8, 4) is 10.7 Å². The van der Waals surface area contributed by atoms with Gasteiger partial charge in [-0.25, -0.2) is 9.97 Å². The van der Waals surface area contributed by atoms with Gasteiger partial charge in [0.1, 0.15) is 0 Å². The molecular weight excluding hydrogens is 298 g/mol. The number of thiophene rings is 1. The third-order valence-electron chi connectivity index (χ3n) is 3.02. The van der Waals surface area contributed by atoms with Crippen molar-refractivity contribution in [2.45, 2.75) is 25.3 Å². The summed E-state index contributed by atoms with van der Waals surface area (Å²) in [6.07, 6.45) is 5.08. The third-order valence-corrected chi connectivity index (χ3v) is 4.70. The molecule has 0 aromatic carbocycles. The number of nitrogens with zero attached hydrogens (tertiary/aromatic N) is 2. The van der Waals surface area contributed by atoms with Gasteiger partial charge in [0.05, 0.1) is 4.88 Å². The van der Waals surface area contributed by atoms with Crippen LogP contribution in [0.15, 0.2) is 22.1 Å². The van der Waals surface area contributed by atoms with Gasteiger partial charge >= 0.3 is 0 Å². The number of hydrogen-bond acceptors (Lipinski definition) is 4. The minimum atomic E-state index is 0.114. The summed E-state index contributed by atoms with van der Waals surface area (Å²) >= 11 is 5.10. The predicted octanol–water partition coefficient (Wildman–Crippen LogP) is 3.30. The van der Waals surface area contributed by atoms with Crippen LogP contribution < -0.4 is 5.73 Å². The predicted molar refractivity (Wildman–Crippen MR) is 72.9 cm³/mol. The first-order valence-electron chi connectivity index (χ1n) is 5.60. The molecule has 1 unspecified atom stereocenters. The standard InChI is InChI=1S/C12H12BrN3S/c13-7-4-11(17-6-7)12-15-5-8-9(14)2-1-3-10(8)16-12/h4-6,9H,1-3,14H2. The maximum absolute atomic E-state index is 6.05. The molecule has 0 fully saturated rings. The van der Waals surface area contributed by atoms with E-state index in [1.54, 1.807) is 11.3 Å². The summed E-state index contributed by atoms with van der Waals surface area (Å²) in [6, 6.07) is 2.16. The van der Waals surface area contributed by atoms with Gasteiger partial charge in [0, 0.05) is 33.3 Å². The highest BCUT2D eigenvalue weighted by Crippen LogP contribution is 2.31. The highest BCUT2D eigenvalue weighted by Gasteiger charge is 2.19. The zero-order chi connectivity index (χ0) is 11.8. The molecule has 1 aliphatic rings. The van der Waals surface area contributed by atoms with Crippen LogP contribution in [0.5, 0.6) is 0 Å². The molecule has 2 heterocycles. The Balaban J connectivity index is 2.03. The van der Waals surface area contributed by atoms with Crippen LogP contribution in [-0.2, 0) is 6.42 Å². The van der Waals surface area contributed by atoms with Crippen LogP contribution in [0.25, 0.3) is 10.7 Å². The number of hydrogen-bond donors (Lipinski definition) is 1. The average Bonchev–Trinajstić information content (AvgIpc) is 2.76. The van der Waals surface area contributed by atoms with Crippen LogP contribution in [0.1, 0.15) is 30.1 Å². The molecule has 0 bridgehead atoms. The van der Waals surface area contributed by atoms with Gasteiger partial charge in [-0.05, 0) is 41.3 Å². The molecule has 5 heteroatoms. The topological polar surface area (TPSA) is 51.8 Å². The van der Waals surface area contributed by atoms with Crippen molar-refractivity contribution in [3.05, 3.63) is 33.4 Å². The van der Waals surface area contributed by atoms with E-state index in [-0.39, 0.29) is 6.04 Å². The molecule has 0 saturated carbocycles. The molecule has 1 atom stereocenters. The number of nitrogens with two attached hydrogens (primary N) is 1. The molecule has 0 spiro atoms. The van der Waals surface area contributed by atoms with E-state index in [2.05, 4.69) is 32.0 Å². The van der Waals surface area contributed by atoms with E-state index in [1.807, 2.05) is 11.6 Å². The zero-order valence-corrected chi connectivity index (χ0v) is 11.6. The summed E-state index contributed by atoms with van der Waals surface area (Å²) in [5.74, 6) is 0.813. The van der Waals surface area contributed by atoms with E-state index in [0.29, 0.717) is 0 Å². The van der Waals surface area contributed by atoms with Crippen LogP contribution in [-0.4, -0.2) is 9.97 Å². The quantitative estimate of drug-likeness (QED) is 0.879. The normalized spacial score (nSPS) is 19.1. The van der Waals surface area contributed by atoms with E-state index >= 15 is 0 Å². The van der Waals surface area contributed by atoms with Crippen molar-refractivity contribution < 1.29 is 0 Å². The van der Waals surface area contributed by atoms with Gasteiger partial charge in [0.25, 0.3) is 0 Å². The molecule has 3 rings (SSSR count). The first-order chi connectivity index (χ1) is 8.24. The van der Waals surface area contributed by atoms with Crippen LogP contribution in [0.4, 0.5) is 0 Å². The molecule has 2 aromatic rings. The van der Waals surface area contributed by atoms with Gasteiger partial charge in [-0.1, -0.05) is 0 Å². The molecule has 0 amide bonds. The Morgan fingerprint density at radius 1 is 1.47 bits per heavy atom. The summed E-state index contributed by atoms with van der Waals surface area (Å²) < 4.78 is 1.08. The lowest BCUT2D eigenvalue weighted by molar-refractivity contribution is 0.557. The van der Waals surface area contributed by atoms with Crippen molar-refractivity contribution in [1.82, 2.24) is 9.97 Å². The van der Waals surface area contributed by atoms with Crippen molar-refractivity contribution in [2.75, 3.05) is 0 Å². The molecule has 2 aromatic heterocycles. The van der Waals surface area contributed by atoms with E-state index in [1.165, 1.54) is 0 Å².